The van der Waals surface area contributed by atoms with Crippen molar-refractivity contribution in [1.82, 2.24) is 14.9 Å². The minimum absolute atomic E-state index is 0.0487. The molecule has 1 aliphatic carbocycles. The summed E-state index contributed by atoms with van der Waals surface area (Å²) < 4.78 is 2.40. The fourth-order valence-corrected chi connectivity index (χ4v) is 1.87. The number of H-pyrrole nitrogens is 1. The van der Waals surface area contributed by atoms with E-state index < -0.39 is 0 Å². The minimum Gasteiger partial charge on any atom is -0.352 e. The fraction of sp³-hybridized carbons (Fsp3) is 0.600. The second kappa shape index (κ2) is 3.81. The lowest BCUT2D eigenvalue weighted by Gasteiger charge is -2.12. The highest BCUT2D eigenvalue weighted by Crippen LogP contribution is 2.20. The summed E-state index contributed by atoms with van der Waals surface area (Å²) in [5.41, 5.74) is 0.978. The molecule has 2 N–H and O–H groups in total. The number of nitrogens with zero attached hydrogens (tertiary/aromatic N) is 1. The fourth-order valence-electron chi connectivity index (χ4n) is 1.50. The smallest absolute Gasteiger partial charge is 0.243 e. The van der Waals surface area contributed by atoms with Crippen molar-refractivity contribution in [3.8, 4) is 0 Å². The van der Waals surface area contributed by atoms with E-state index >= 15 is 0 Å². The summed E-state index contributed by atoms with van der Waals surface area (Å²) in [6.07, 6.45) is 4.09. The van der Waals surface area contributed by atoms with Crippen LogP contribution in [0.15, 0.2) is 6.20 Å². The number of hydrogen-bond donors (Lipinski definition) is 2. The first-order valence-electron chi connectivity index (χ1n) is 5.16. The van der Waals surface area contributed by atoms with E-state index in [1.165, 1.54) is 0 Å². The van der Waals surface area contributed by atoms with E-state index in [9.17, 15) is 4.79 Å². The predicted octanol–water partition coefficient (Wildman–Crippen LogP) is 1.69. The van der Waals surface area contributed by atoms with Crippen molar-refractivity contribution in [2.24, 2.45) is 0 Å². The molecule has 1 aliphatic rings. The van der Waals surface area contributed by atoms with Crippen LogP contribution in [0.3, 0.4) is 0 Å². The maximum Gasteiger partial charge on any atom is 0.243 e. The average molecular weight is 225 g/mol. The van der Waals surface area contributed by atoms with Crippen molar-refractivity contribution < 1.29 is 4.79 Å². The molecule has 5 heteroatoms. The van der Waals surface area contributed by atoms with Crippen LogP contribution in [-0.2, 0) is 4.79 Å². The van der Waals surface area contributed by atoms with Crippen LogP contribution in [0.25, 0.3) is 0 Å². The second-order valence-corrected chi connectivity index (χ2v) is 4.50. The minimum atomic E-state index is -0.233. The van der Waals surface area contributed by atoms with Crippen LogP contribution in [0.2, 0.25) is 0 Å². The topological polar surface area (TPSA) is 49.8 Å². The molecule has 0 saturated heterocycles. The zero-order valence-electron chi connectivity index (χ0n) is 8.91. The maximum absolute atomic E-state index is 11.8. The van der Waals surface area contributed by atoms with Gasteiger partial charge in [0, 0.05) is 17.9 Å². The Morgan fingerprint density at radius 2 is 2.40 bits per heavy atom. The van der Waals surface area contributed by atoms with Gasteiger partial charge in [0.05, 0.1) is 0 Å². The third-order valence-electron chi connectivity index (χ3n) is 2.59. The lowest BCUT2D eigenvalue weighted by atomic mass is 10.3. The average Bonchev–Trinajstić information content (AvgIpc) is 2.90. The Morgan fingerprint density at radius 1 is 1.73 bits per heavy atom. The first-order chi connectivity index (χ1) is 7.08. The standard InChI is InChI=1S/C10H15N3OS/c1-6-5-13(10(15)11-6)7(2)9(14)12-8-3-4-8/h5,7-8H,3-4H2,1-2H3,(H,11,15)(H,12,14). The zero-order valence-corrected chi connectivity index (χ0v) is 9.73. The van der Waals surface area contributed by atoms with Crippen LogP contribution < -0.4 is 5.32 Å². The number of aromatic nitrogens is 2. The summed E-state index contributed by atoms with van der Waals surface area (Å²) >= 11 is 5.12. The van der Waals surface area contributed by atoms with Gasteiger partial charge in [0.1, 0.15) is 6.04 Å². The third-order valence-corrected chi connectivity index (χ3v) is 2.90. The number of aromatic amines is 1. The first-order valence-corrected chi connectivity index (χ1v) is 5.57. The van der Waals surface area contributed by atoms with E-state index in [-0.39, 0.29) is 11.9 Å². The molecule has 0 aliphatic heterocycles. The summed E-state index contributed by atoms with van der Waals surface area (Å²) in [6, 6.07) is 0.164. The number of hydrogen-bond acceptors (Lipinski definition) is 2. The number of amides is 1. The van der Waals surface area contributed by atoms with Gasteiger partial charge >= 0.3 is 0 Å². The Labute approximate surface area is 93.7 Å². The van der Waals surface area contributed by atoms with E-state index in [1.807, 2.05) is 20.0 Å². The van der Waals surface area contributed by atoms with Gasteiger partial charge in [0.15, 0.2) is 4.77 Å². The van der Waals surface area contributed by atoms with E-state index in [0.29, 0.717) is 10.8 Å². The molecule has 1 atom stereocenters. The molecule has 0 spiro atoms. The number of nitrogens with one attached hydrogen (secondary N) is 2. The lowest BCUT2D eigenvalue weighted by molar-refractivity contribution is -0.124. The van der Waals surface area contributed by atoms with Gasteiger partial charge in [-0.15, -0.1) is 0 Å². The van der Waals surface area contributed by atoms with Crippen LogP contribution in [0.5, 0.6) is 0 Å². The Balaban J connectivity index is 2.11. The van der Waals surface area contributed by atoms with Crippen molar-refractivity contribution in [3.05, 3.63) is 16.7 Å². The lowest BCUT2D eigenvalue weighted by Crippen LogP contribution is -2.32. The highest BCUT2D eigenvalue weighted by atomic mass is 32.1. The molecule has 4 nitrogen and oxygen atoms in total. The molecular formula is C10H15N3OS. The monoisotopic (exact) mass is 225 g/mol. The molecule has 82 valence electrons. The number of aryl methyl sites for hydroxylation is 1. The molecular weight excluding hydrogens is 210 g/mol. The molecule has 2 rings (SSSR count). The van der Waals surface area contributed by atoms with Gasteiger partial charge in [-0.2, -0.15) is 0 Å². The normalized spacial score (nSPS) is 17.5. The zero-order chi connectivity index (χ0) is 11.0. The SMILES string of the molecule is Cc1cn(C(C)C(=O)NC2CC2)c(=S)[nH]1. The van der Waals surface area contributed by atoms with Gasteiger partial charge < -0.3 is 14.9 Å². The van der Waals surface area contributed by atoms with Gasteiger partial charge in [-0.1, -0.05) is 0 Å². The van der Waals surface area contributed by atoms with Crippen LogP contribution in [0, 0.1) is 11.7 Å². The highest BCUT2D eigenvalue weighted by molar-refractivity contribution is 7.71. The molecule has 0 bridgehead atoms. The summed E-state index contributed by atoms with van der Waals surface area (Å²) in [6.45, 7) is 3.79. The largest absolute Gasteiger partial charge is 0.352 e. The van der Waals surface area contributed by atoms with Crippen molar-refractivity contribution in [2.45, 2.75) is 38.8 Å². The summed E-state index contributed by atoms with van der Waals surface area (Å²) in [4.78, 5) is 14.8. The Kier molecular flexibility index (Phi) is 2.65. The number of rotatable bonds is 3. The van der Waals surface area contributed by atoms with Crippen LogP contribution in [0.4, 0.5) is 0 Å². The molecule has 1 amide bonds. The Hall–Kier alpha value is -1.10. The molecule has 1 aromatic heterocycles. The van der Waals surface area contributed by atoms with E-state index in [0.717, 1.165) is 18.5 Å². The first kappa shape index (κ1) is 10.4. The van der Waals surface area contributed by atoms with Crippen molar-refractivity contribution in [3.63, 3.8) is 0 Å². The number of carbonyl (C=O) groups is 1. The summed E-state index contributed by atoms with van der Waals surface area (Å²) in [7, 11) is 0. The van der Waals surface area contributed by atoms with Crippen LogP contribution in [-0.4, -0.2) is 21.5 Å². The highest BCUT2D eigenvalue weighted by Gasteiger charge is 2.26. The van der Waals surface area contributed by atoms with Gasteiger partial charge in [-0.05, 0) is 38.9 Å². The quantitative estimate of drug-likeness (QED) is 0.769. The van der Waals surface area contributed by atoms with E-state index in [2.05, 4.69) is 10.3 Å². The Morgan fingerprint density at radius 3 is 2.87 bits per heavy atom. The molecule has 1 saturated carbocycles. The van der Waals surface area contributed by atoms with Crippen LogP contribution in [0.1, 0.15) is 31.5 Å². The van der Waals surface area contributed by atoms with Gasteiger partial charge in [-0.25, -0.2) is 0 Å². The molecule has 0 radical (unpaired) electrons. The van der Waals surface area contributed by atoms with Gasteiger partial charge in [-0.3, -0.25) is 4.79 Å². The van der Waals surface area contributed by atoms with Crippen LogP contribution >= 0.6 is 12.2 Å². The van der Waals surface area contributed by atoms with Crippen molar-refractivity contribution in [2.75, 3.05) is 0 Å². The van der Waals surface area contributed by atoms with E-state index in [4.69, 9.17) is 12.2 Å². The number of imidazole rings is 1. The molecule has 15 heavy (non-hydrogen) atoms. The predicted molar refractivity (Wildman–Crippen MR) is 60.2 cm³/mol. The Bertz CT molecular complexity index is 430. The van der Waals surface area contributed by atoms with Gasteiger partial charge in [0.2, 0.25) is 5.91 Å². The second-order valence-electron chi connectivity index (χ2n) is 4.11. The molecule has 1 heterocycles. The maximum atomic E-state index is 11.8. The molecule has 1 aromatic rings. The summed E-state index contributed by atoms with van der Waals surface area (Å²) in [5.74, 6) is 0.0487. The summed E-state index contributed by atoms with van der Waals surface area (Å²) in [5, 5.41) is 2.97. The van der Waals surface area contributed by atoms with Gasteiger partial charge in [0.25, 0.3) is 0 Å². The number of carbonyl (C=O) groups excluding carboxylic acids is 1. The molecule has 1 unspecified atom stereocenters. The molecule has 1 fully saturated rings. The van der Waals surface area contributed by atoms with Crippen molar-refractivity contribution in [1.29, 1.82) is 0 Å². The molecule has 0 aromatic carbocycles. The van der Waals surface area contributed by atoms with E-state index in [1.54, 1.807) is 4.57 Å². The van der Waals surface area contributed by atoms with Crippen molar-refractivity contribution >= 4 is 18.1 Å². The third kappa shape index (κ3) is 2.28.